The van der Waals surface area contributed by atoms with Gasteiger partial charge in [0.2, 0.25) is 0 Å². The number of benzene rings is 1. The van der Waals surface area contributed by atoms with Crippen molar-refractivity contribution in [2.45, 2.75) is 21.4 Å². The molecule has 2 rings (SSSR count). The average Bonchev–Trinajstić information content (AvgIpc) is 2.74. The molecule has 0 aliphatic rings. The quantitative estimate of drug-likeness (QED) is 0.786. The summed E-state index contributed by atoms with van der Waals surface area (Å²) >= 11 is 5.06. The molecule has 0 radical (unpaired) electrons. The molecule has 1 aromatic heterocycles. The Morgan fingerprint density at radius 1 is 1.25 bits per heavy atom. The Hall–Kier alpha value is -0.520. The Balaban J connectivity index is 1.96. The Kier molecular flexibility index (Phi) is 4.26. The van der Waals surface area contributed by atoms with Gasteiger partial charge < -0.3 is 0 Å². The molecule has 0 aliphatic carbocycles. The summed E-state index contributed by atoms with van der Waals surface area (Å²) in [5.41, 5.74) is 2.64. The molecule has 0 amide bonds. The molecule has 5 heteroatoms. The van der Waals surface area contributed by atoms with Gasteiger partial charge in [-0.05, 0) is 18.7 Å². The highest BCUT2D eigenvalue weighted by molar-refractivity contribution is 8.02. The first kappa shape index (κ1) is 12.0. The Bertz CT molecular complexity index is 468. The summed E-state index contributed by atoms with van der Waals surface area (Å²) in [6.45, 7) is 2.12. The zero-order chi connectivity index (χ0) is 11.4. The van der Waals surface area contributed by atoms with Crippen LogP contribution >= 0.6 is 34.9 Å². The van der Waals surface area contributed by atoms with Gasteiger partial charge in [0, 0.05) is 5.75 Å². The topological polar surface area (TPSA) is 25.8 Å². The molecule has 0 fully saturated rings. The Morgan fingerprint density at radius 3 is 2.75 bits per heavy atom. The first-order valence-corrected chi connectivity index (χ1v) is 7.86. The smallest absolute Gasteiger partial charge is 0.131 e. The highest BCUT2D eigenvalue weighted by atomic mass is 32.2. The maximum Gasteiger partial charge on any atom is 0.175 e. The van der Waals surface area contributed by atoms with Crippen LogP contribution in [-0.4, -0.2) is 16.5 Å². The zero-order valence-corrected chi connectivity index (χ0v) is 11.6. The van der Waals surface area contributed by atoms with E-state index in [1.165, 1.54) is 11.1 Å². The fraction of sp³-hybridized carbons (Fsp3) is 0.273. The van der Waals surface area contributed by atoms with Crippen molar-refractivity contribution in [1.82, 2.24) is 10.2 Å². The SMILES string of the molecule is CSc1nnc(SCc2cccc(C)c2)s1. The van der Waals surface area contributed by atoms with Crippen LogP contribution in [0.15, 0.2) is 32.9 Å². The van der Waals surface area contributed by atoms with Gasteiger partial charge >= 0.3 is 0 Å². The third kappa shape index (κ3) is 3.23. The summed E-state index contributed by atoms with van der Waals surface area (Å²) in [5.74, 6) is 0.963. The van der Waals surface area contributed by atoms with Gasteiger partial charge in [-0.2, -0.15) is 0 Å². The van der Waals surface area contributed by atoms with Gasteiger partial charge in [-0.1, -0.05) is 64.7 Å². The molecule has 0 bridgehead atoms. The third-order valence-electron chi connectivity index (χ3n) is 2.01. The maximum atomic E-state index is 4.14. The number of thioether (sulfide) groups is 2. The van der Waals surface area contributed by atoms with E-state index in [9.17, 15) is 0 Å². The number of hydrogen-bond donors (Lipinski definition) is 0. The minimum atomic E-state index is 0.963. The van der Waals surface area contributed by atoms with Crippen molar-refractivity contribution in [3.63, 3.8) is 0 Å². The molecule has 1 aromatic carbocycles. The Labute approximate surface area is 108 Å². The lowest BCUT2D eigenvalue weighted by Crippen LogP contribution is -1.81. The van der Waals surface area contributed by atoms with E-state index in [0.29, 0.717) is 0 Å². The highest BCUT2D eigenvalue weighted by Crippen LogP contribution is 2.29. The van der Waals surface area contributed by atoms with Crippen molar-refractivity contribution in [2.24, 2.45) is 0 Å². The van der Waals surface area contributed by atoms with Crippen LogP contribution in [0.1, 0.15) is 11.1 Å². The van der Waals surface area contributed by atoms with Crippen molar-refractivity contribution in [3.05, 3.63) is 35.4 Å². The first-order valence-electron chi connectivity index (χ1n) is 4.84. The predicted molar refractivity (Wildman–Crippen MR) is 72.4 cm³/mol. The van der Waals surface area contributed by atoms with Gasteiger partial charge in [0.15, 0.2) is 8.68 Å². The van der Waals surface area contributed by atoms with Crippen LogP contribution in [-0.2, 0) is 5.75 Å². The summed E-state index contributed by atoms with van der Waals surface area (Å²) in [7, 11) is 0. The molecule has 0 saturated heterocycles. The van der Waals surface area contributed by atoms with E-state index in [-0.39, 0.29) is 0 Å². The molecule has 16 heavy (non-hydrogen) atoms. The van der Waals surface area contributed by atoms with Crippen LogP contribution in [0.2, 0.25) is 0 Å². The van der Waals surface area contributed by atoms with Crippen LogP contribution in [0.3, 0.4) is 0 Å². The van der Waals surface area contributed by atoms with Crippen molar-refractivity contribution in [1.29, 1.82) is 0 Å². The summed E-state index contributed by atoms with van der Waals surface area (Å²) in [6, 6.07) is 8.57. The van der Waals surface area contributed by atoms with E-state index < -0.39 is 0 Å². The van der Waals surface area contributed by atoms with Crippen molar-refractivity contribution >= 4 is 34.9 Å². The largest absolute Gasteiger partial charge is 0.175 e. The summed E-state index contributed by atoms with van der Waals surface area (Å²) in [6.07, 6.45) is 2.02. The zero-order valence-electron chi connectivity index (χ0n) is 9.14. The Morgan fingerprint density at radius 2 is 2.06 bits per heavy atom. The standard InChI is InChI=1S/C11H12N2S3/c1-8-4-3-5-9(6-8)7-15-11-13-12-10(14-2)16-11/h3-6H,7H2,1-2H3. The van der Waals surface area contributed by atoms with Crippen LogP contribution in [0, 0.1) is 6.92 Å². The van der Waals surface area contributed by atoms with E-state index in [2.05, 4.69) is 41.4 Å². The summed E-state index contributed by atoms with van der Waals surface area (Å²) in [5, 5.41) is 8.21. The van der Waals surface area contributed by atoms with Crippen molar-refractivity contribution in [3.8, 4) is 0 Å². The minimum Gasteiger partial charge on any atom is -0.131 e. The van der Waals surface area contributed by atoms with Crippen molar-refractivity contribution < 1.29 is 0 Å². The fourth-order valence-electron chi connectivity index (χ4n) is 1.28. The van der Waals surface area contributed by atoms with Gasteiger partial charge in [-0.25, -0.2) is 0 Å². The molecule has 0 unspecified atom stereocenters. The second kappa shape index (κ2) is 5.70. The van der Waals surface area contributed by atoms with Crippen molar-refractivity contribution in [2.75, 3.05) is 6.26 Å². The van der Waals surface area contributed by atoms with E-state index in [0.717, 1.165) is 14.4 Å². The van der Waals surface area contributed by atoms with Crippen LogP contribution in [0.25, 0.3) is 0 Å². The molecule has 1 heterocycles. The average molecular weight is 268 g/mol. The molecular weight excluding hydrogens is 256 g/mol. The molecule has 0 N–H and O–H groups in total. The fourth-order valence-corrected chi connectivity index (χ4v) is 3.67. The number of aryl methyl sites for hydroxylation is 1. The normalized spacial score (nSPS) is 10.6. The van der Waals surface area contributed by atoms with Gasteiger partial charge in [-0.3, -0.25) is 0 Å². The first-order chi connectivity index (χ1) is 7.78. The highest BCUT2D eigenvalue weighted by Gasteiger charge is 2.03. The monoisotopic (exact) mass is 268 g/mol. The minimum absolute atomic E-state index is 0.963. The van der Waals surface area contributed by atoms with Gasteiger partial charge in [-0.15, -0.1) is 10.2 Å². The molecule has 0 aliphatic heterocycles. The van der Waals surface area contributed by atoms with Gasteiger partial charge in [0.25, 0.3) is 0 Å². The molecular formula is C11H12N2S3. The maximum absolute atomic E-state index is 4.14. The lowest BCUT2D eigenvalue weighted by Gasteiger charge is -1.99. The lowest BCUT2D eigenvalue weighted by molar-refractivity contribution is 0.955. The molecule has 0 atom stereocenters. The third-order valence-corrected chi connectivity index (χ3v) is 5.11. The number of hydrogen-bond acceptors (Lipinski definition) is 5. The van der Waals surface area contributed by atoms with E-state index in [1.807, 2.05) is 6.26 Å². The van der Waals surface area contributed by atoms with Crippen LogP contribution in [0.5, 0.6) is 0 Å². The van der Waals surface area contributed by atoms with Crippen LogP contribution < -0.4 is 0 Å². The molecule has 84 valence electrons. The number of aromatic nitrogens is 2. The number of rotatable bonds is 4. The van der Waals surface area contributed by atoms with Crippen LogP contribution in [0.4, 0.5) is 0 Å². The summed E-state index contributed by atoms with van der Waals surface area (Å²) in [4.78, 5) is 0. The molecule has 0 saturated carbocycles. The predicted octanol–water partition coefficient (Wildman–Crippen LogP) is 3.86. The lowest BCUT2D eigenvalue weighted by atomic mass is 10.2. The second-order valence-corrected chi connectivity index (χ2v) is 6.57. The van der Waals surface area contributed by atoms with E-state index in [4.69, 9.17) is 0 Å². The van der Waals surface area contributed by atoms with E-state index in [1.54, 1.807) is 34.9 Å². The second-order valence-electron chi connectivity index (χ2n) is 3.32. The number of nitrogens with zero attached hydrogens (tertiary/aromatic N) is 2. The molecule has 0 spiro atoms. The molecule has 2 nitrogen and oxygen atoms in total. The van der Waals surface area contributed by atoms with Gasteiger partial charge in [0.1, 0.15) is 0 Å². The molecule has 2 aromatic rings. The summed E-state index contributed by atoms with van der Waals surface area (Å²) < 4.78 is 2.08. The van der Waals surface area contributed by atoms with E-state index >= 15 is 0 Å². The van der Waals surface area contributed by atoms with Gasteiger partial charge in [0.05, 0.1) is 0 Å².